The van der Waals surface area contributed by atoms with Crippen molar-refractivity contribution in [3.63, 3.8) is 0 Å². The summed E-state index contributed by atoms with van der Waals surface area (Å²) in [7, 11) is 0. The highest BCUT2D eigenvalue weighted by molar-refractivity contribution is 5.93. The number of nitrogens with one attached hydrogen (secondary N) is 2. The maximum absolute atomic E-state index is 13.1. The first-order valence-corrected chi connectivity index (χ1v) is 8.27. The highest BCUT2D eigenvalue weighted by Crippen LogP contribution is 2.23. The summed E-state index contributed by atoms with van der Waals surface area (Å²) in [4.78, 5) is 46.4. The summed E-state index contributed by atoms with van der Waals surface area (Å²) < 4.78 is 13.1. The Hall–Kier alpha value is -2.97. The van der Waals surface area contributed by atoms with Crippen LogP contribution in [0, 0.1) is 5.82 Å². The van der Waals surface area contributed by atoms with Crippen molar-refractivity contribution in [3.05, 3.63) is 35.6 Å². The molecule has 0 aliphatic rings. The molecule has 0 saturated carbocycles. The summed E-state index contributed by atoms with van der Waals surface area (Å²) in [5.41, 5.74) is -0.517. The van der Waals surface area contributed by atoms with E-state index in [1.807, 2.05) is 0 Å². The molecule has 0 heterocycles. The molecule has 4 N–H and O–H groups in total. The maximum atomic E-state index is 13.1. The van der Waals surface area contributed by atoms with Gasteiger partial charge in [-0.15, -0.1) is 0 Å². The number of amides is 2. The van der Waals surface area contributed by atoms with Crippen LogP contribution in [0.2, 0.25) is 0 Å². The van der Waals surface area contributed by atoms with Crippen molar-refractivity contribution in [1.29, 1.82) is 0 Å². The molecule has 0 bridgehead atoms. The van der Waals surface area contributed by atoms with Crippen LogP contribution in [-0.4, -0.2) is 46.0 Å². The number of halogens is 1. The highest BCUT2D eigenvalue weighted by Gasteiger charge is 2.32. The maximum Gasteiger partial charge on any atom is 0.326 e. The van der Waals surface area contributed by atoms with Crippen LogP contribution in [0.5, 0.6) is 0 Å². The minimum atomic E-state index is -1.38. The number of carbonyl (C=O) groups excluding carboxylic acids is 2. The number of carboxylic acid groups (broad SMARTS) is 2. The van der Waals surface area contributed by atoms with Gasteiger partial charge in [0.2, 0.25) is 11.8 Å². The van der Waals surface area contributed by atoms with Crippen molar-refractivity contribution in [1.82, 2.24) is 10.6 Å². The second kappa shape index (κ2) is 9.11. The van der Waals surface area contributed by atoms with Crippen LogP contribution in [0.3, 0.4) is 0 Å². The first-order chi connectivity index (χ1) is 12.4. The van der Waals surface area contributed by atoms with Gasteiger partial charge < -0.3 is 20.8 Å². The first kappa shape index (κ1) is 22.1. The van der Waals surface area contributed by atoms with E-state index >= 15 is 0 Å². The number of aliphatic carboxylic acids is 2. The lowest BCUT2D eigenvalue weighted by Crippen LogP contribution is -2.53. The van der Waals surface area contributed by atoms with E-state index in [0.29, 0.717) is 5.56 Å². The smallest absolute Gasteiger partial charge is 0.326 e. The molecule has 1 aromatic carbocycles. The van der Waals surface area contributed by atoms with Gasteiger partial charge in [0.05, 0.1) is 5.41 Å². The van der Waals surface area contributed by atoms with Crippen molar-refractivity contribution in [2.75, 3.05) is 0 Å². The lowest BCUT2D eigenvalue weighted by atomic mass is 9.83. The van der Waals surface area contributed by atoms with Gasteiger partial charge in [0.15, 0.2) is 0 Å². The SMILES string of the molecule is C[C@H](NC(=O)C(C)(C)c1ccc(F)cc1)C(=O)N[C@H](CCC(=O)O)C(=O)O. The molecule has 1 rings (SSSR count). The summed E-state index contributed by atoms with van der Waals surface area (Å²) in [5, 5.41) is 22.4. The number of carbonyl (C=O) groups is 4. The summed E-state index contributed by atoms with van der Waals surface area (Å²) in [6.07, 6.45) is -0.701. The Balaban J connectivity index is 2.74. The van der Waals surface area contributed by atoms with Crippen molar-refractivity contribution in [2.45, 2.75) is 51.1 Å². The van der Waals surface area contributed by atoms with Gasteiger partial charge >= 0.3 is 11.9 Å². The van der Waals surface area contributed by atoms with E-state index in [4.69, 9.17) is 10.2 Å². The fourth-order valence-corrected chi connectivity index (χ4v) is 2.26. The standard InChI is InChI=1S/C18H23FN2O6/c1-10(15(24)21-13(16(25)26)8-9-14(22)23)20-17(27)18(2,3)11-4-6-12(19)7-5-11/h4-7,10,13H,8-9H2,1-3H3,(H,20,27)(H,21,24)(H,22,23)(H,25,26)/t10-,13+/m0/s1. The number of carboxylic acids is 2. The van der Waals surface area contributed by atoms with Gasteiger partial charge in [-0.3, -0.25) is 14.4 Å². The van der Waals surface area contributed by atoms with E-state index in [1.54, 1.807) is 13.8 Å². The Morgan fingerprint density at radius 2 is 1.63 bits per heavy atom. The van der Waals surface area contributed by atoms with Crippen LogP contribution in [0.4, 0.5) is 4.39 Å². The lowest BCUT2D eigenvalue weighted by Gasteiger charge is -2.26. The van der Waals surface area contributed by atoms with Crippen LogP contribution in [0.1, 0.15) is 39.2 Å². The largest absolute Gasteiger partial charge is 0.481 e. The second-order valence-electron chi connectivity index (χ2n) is 6.66. The molecule has 2 atom stereocenters. The molecule has 0 aliphatic carbocycles. The fourth-order valence-electron chi connectivity index (χ4n) is 2.26. The zero-order valence-electron chi connectivity index (χ0n) is 15.3. The molecule has 0 saturated heterocycles. The second-order valence-corrected chi connectivity index (χ2v) is 6.66. The molecular weight excluding hydrogens is 359 g/mol. The molecule has 9 heteroatoms. The molecule has 0 spiro atoms. The minimum Gasteiger partial charge on any atom is -0.481 e. The normalized spacial score (nSPS) is 13.3. The van der Waals surface area contributed by atoms with E-state index in [1.165, 1.54) is 31.2 Å². The molecule has 148 valence electrons. The zero-order valence-corrected chi connectivity index (χ0v) is 15.3. The highest BCUT2D eigenvalue weighted by atomic mass is 19.1. The molecular formula is C18H23FN2O6. The third-order valence-electron chi connectivity index (χ3n) is 4.14. The van der Waals surface area contributed by atoms with Gasteiger partial charge in [0.1, 0.15) is 17.9 Å². The monoisotopic (exact) mass is 382 g/mol. The quantitative estimate of drug-likeness (QED) is 0.504. The molecule has 0 aromatic heterocycles. The topological polar surface area (TPSA) is 133 Å². The number of hydrogen-bond donors (Lipinski definition) is 4. The lowest BCUT2D eigenvalue weighted by molar-refractivity contribution is -0.143. The molecule has 0 fully saturated rings. The van der Waals surface area contributed by atoms with Gasteiger partial charge in [-0.05, 0) is 44.9 Å². The predicted molar refractivity (Wildman–Crippen MR) is 93.5 cm³/mol. The summed E-state index contributed by atoms with van der Waals surface area (Å²) in [5.74, 6) is -4.25. The number of benzene rings is 1. The van der Waals surface area contributed by atoms with E-state index in [0.717, 1.165) is 0 Å². The van der Waals surface area contributed by atoms with Crippen molar-refractivity contribution in [2.24, 2.45) is 0 Å². The number of rotatable bonds is 9. The summed E-state index contributed by atoms with van der Waals surface area (Å²) in [6, 6.07) is 2.95. The minimum absolute atomic E-state index is 0.280. The first-order valence-electron chi connectivity index (χ1n) is 8.27. The van der Waals surface area contributed by atoms with Gasteiger partial charge in [-0.25, -0.2) is 9.18 Å². The van der Waals surface area contributed by atoms with Crippen LogP contribution < -0.4 is 10.6 Å². The third-order valence-corrected chi connectivity index (χ3v) is 4.14. The predicted octanol–water partition coefficient (Wildman–Crippen LogP) is 1.04. The third kappa shape index (κ3) is 6.36. The van der Waals surface area contributed by atoms with Crippen LogP contribution in [-0.2, 0) is 24.6 Å². The average Bonchev–Trinajstić information content (AvgIpc) is 2.58. The average molecular weight is 382 g/mol. The van der Waals surface area contributed by atoms with E-state index in [2.05, 4.69) is 10.6 Å². The van der Waals surface area contributed by atoms with Crippen LogP contribution in [0.15, 0.2) is 24.3 Å². The number of hydrogen-bond acceptors (Lipinski definition) is 4. The molecule has 2 amide bonds. The molecule has 1 aromatic rings. The van der Waals surface area contributed by atoms with Crippen LogP contribution >= 0.6 is 0 Å². The van der Waals surface area contributed by atoms with E-state index in [-0.39, 0.29) is 6.42 Å². The van der Waals surface area contributed by atoms with Crippen LogP contribution in [0.25, 0.3) is 0 Å². The fraction of sp³-hybridized carbons (Fsp3) is 0.444. The molecule has 27 heavy (non-hydrogen) atoms. The van der Waals surface area contributed by atoms with Crippen molar-refractivity contribution < 1.29 is 33.8 Å². The summed E-state index contributed by atoms with van der Waals surface area (Å²) in [6.45, 7) is 4.59. The summed E-state index contributed by atoms with van der Waals surface area (Å²) >= 11 is 0. The molecule has 0 unspecified atom stereocenters. The van der Waals surface area contributed by atoms with Gasteiger partial charge in [-0.2, -0.15) is 0 Å². The Morgan fingerprint density at radius 1 is 1.07 bits per heavy atom. The Bertz CT molecular complexity index is 717. The molecule has 0 aliphatic heterocycles. The zero-order chi connectivity index (χ0) is 20.8. The van der Waals surface area contributed by atoms with Gasteiger partial charge in [0, 0.05) is 6.42 Å². The Labute approximate surface area is 155 Å². The van der Waals surface area contributed by atoms with Crippen molar-refractivity contribution in [3.8, 4) is 0 Å². The van der Waals surface area contributed by atoms with Gasteiger partial charge in [-0.1, -0.05) is 12.1 Å². The Kier molecular flexibility index (Phi) is 7.45. The van der Waals surface area contributed by atoms with E-state index < -0.39 is 53.5 Å². The van der Waals surface area contributed by atoms with E-state index in [9.17, 15) is 23.6 Å². The van der Waals surface area contributed by atoms with Gasteiger partial charge in [0.25, 0.3) is 0 Å². The van der Waals surface area contributed by atoms with Crippen molar-refractivity contribution >= 4 is 23.8 Å². The Morgan fingerprint density at radius 3 is 2.11 bits per heavy atom. The molecule has 8 nitrogen and oxygen atoms in total. The molecule has 0 radical (unpaired) electrons.